The van der Waals surface area contributed by atoms with E-state index in [0.717, 1.165) is 5.39 Å². The van der Waals surface area contributed by atoms with Crippen LogP contribution < -0.4 is 9.79 Å². The molecule has 0 atom stereocenters. The Morgan fingerprint density at radius 1 is 1.00 bits per heavy atom. The van der Waals surface area contributed by atoms with Gasteiger partial charge in [-0.25, -0.2) is 4.39 Å². The van der Waals surface area contributed by atoms with Gasteiger partial charge in [-0.1, -0.05) is 22.9 Å². The van der Waals surface area contributed by atoms with E-state index in [9.17, 15) is 9.50 Å². The van der Waals surface area contributed by atoms with Gasteiger partial charge < -0.3 is 5.11 Å². The van der Waals surface area contributed by atoms with E-state index in [1.807, 2.05) is 12.1 Å². The highest BCUT2D eigenvalue weighted by Gasteiger charge is 2.10. The Hall–Kier alpha value is -2.49. The molecule has 0 aliphatic heterocycles. The first-order chi connectivity index (χ1) is 8.74. The Labute approximate surface area is 103 Å². The van der Waals surface area contributed by atoms with Gasteiger partial charge in [-0.3, -0.25) is 0 Å². The van der Waals surface area contributed by atoms with Gasteiger partial charge in [0, 0.05) is 22.9 Å². The number of benzene rings is 2. The Kier molecular flexibility index (Phi) is 2.41. The van der Waals surface area contributed by atoms with Gasteiger partial charge in [0.25, 0.3) is 0 Å². The first-order valence-corrected chi connectivity index (χ1v) is 5.49. The number of hydrogen-bond donors (Lipinski definition) is 0. The molecular formula is C14H9FN2O. The summed E-state index contributed by atoms with van der Waals surface area (Å²) in [6.07, 6.45) is 1.75. The van der Waals surface area contributed by atoms with Crippen LogP contribution in [0.2, 0.25) is 0 Å². The number of halogens is 1. The van der Waals surface area contributed by atoms with Gasteiger partial charge in [-0.05, 0) is 23.3 Å². The molecule has 0 unspecified atom stereocenters. The number of aromatic nitrogens is 2. The largest absolute Gasteiger partial charge is 0.854 e. The third-order valence-electron chi connectivity index (χ3n) is 2.74. The van der Waals surface area contributed by atoms with Crippen molar-refractivity contribution in [1.29, 1.82) is 0 Å². The number of nitrogens with zero attached hydrogens (tertiary/aromatic N) is 2. The standard InChI is InChI=1S/C14H9FN2O/c15-11-5-7-12(8-6-11)17-9-10-3-1-2-4-13(10)14(18)16-17/h1-9H. The molecule has 1 heterocycles. The highest BCUT2D eigenvalue weighted by atomic mass is 19.1. The average Bonchev–Trinajstić information content (AvgIpc) is 2.39. The van der Waals surface area contributed by atoms with Crippen LogP contribution in [0.3, 0.4) is 0 Å². The molecule has 3 nitrogen and oxygen atoms in total. The summed E-state index contributed by atoms with van der Waals surface area (Å²) < 4.78 is 14.3. The van der Waals surface area contributed by atoms with Gasteiger partial charge in [-0.15, -0.1) is 0 Å². The molecule has 3 aromatic rings. The molecule has 4 heteroatoms. The Morgan fingerprint density at radius 2 is 1.72 bits per heavy atom. The lowest BCUT2D eigenvalue weighted by atomic mass is 10.2. The van der Waals surface area contributed by atoms with Crippen LogP contribution in [-0.2, 0) is 0 Å². The predicted molar refractivity (Wildman–Crippen MR) is 62.7 cm³/mol. The molecule has 0 N–H and O–H groups in total. The van der Waals surface area contributed by atoms with E-state index in [2.05, 4.69) is 5.10 Å². The van der Waals surface area contributed by atoms with Crippen molar-refractivity contribution in [3.05, 3.63) is 60.5 Å². The summed E-state index contributed by atoms with van der Waals surface area (Å²) in [7, 11) is 0. The van der Waals surface area contributed by atoms with E-state index in [4.69, 9.17) is 0 Å². The molecular weight excluding hydrogens is 231 g/mol. The van der Waals surface area contributed by atoms with Crippen molar-refractivity contribution in [2.75, 3.05) is 0 Å². The molecule has 3 rings (SSSR count). The van der Waals surface area contributed by atoms with Crippen LogP contribution in [0.1, 0.15) is 0 Å². The van der Waals surface area contributed by atoms with Crippen LogP contribution in [0.15, 0.2) is 54.7 Å². The van der Waals surface area contributed by atoms with Crippen LogP contribution in [0.5, 0.6) is 5.88 Å². The summed E-state index contributed by atoms with van der Waals surface area (Å²) in [6, 6.07) is 13.1. The fourth-order valence-corrected chi connectivity index (χ4v) is 1.84. The lowest BCUT2D eigenvalue weighted by molar-refractivity contribution is -0.663. The monoisotopic (exact) mass is 240 g/mol. The molecule has 2 aromatic carbocycles. The maximum atomic E-state index is 12.8. The molecule has 0 saturated heterocycles. The fourth-order valence-electron chi connectivity index (χ4n) is 1.84. The maximum Gasteiger partial charge on any atom is 0.238 e. The van der Waals surface area contributed by atoms with Gasteiger partial charge in [0.15, 0.2) is 0 Å². The first kappa shape index (κ1) is 10.7. The normalized spacial score (nSPS) is 10.7. The lowest BCUT2D eigenvalue weighted by Crippen LogP contribution is -2.35. The molecule has 0 aliphatic carbocycles. The van der Waals surface area contributed by atoms with Gasteiger partial charge >= 0.3 is 0 Å². The highest BCUT2D eigenvalue weighted by molar-refractivity contribution is 5.84. The summed E-state index contributed by atoms with van der Waals surface area (Å²) >= 11 is 0. The van der Waals surface area contributed by atoms with Crippen LogP contribution in [0.25, 0.3) is 16.5 Å². The number of fused-ring (bicyclic) bond motifs is 1. The van der Waals surface area contributed by atoms with Gasteiger partial charge in [0.05, 0.1) is 5.88 Å². The number of rotatable bonds is 1. The molecule has 0 aliphatic rings. The summed E-state index contributed by atoms with van der Waals surface area (Å²) in [4.78, 5) is 0. The second-order valence-corrected chi connectivity index (χ2v) is 3.94. The second kappa shape index (κ2) is 4.07. The van der Waals surface area contributed by atoms with Crippen molar-refractivity contribution in [2.24, 2.45) is 0 Å². The summed E-state index contributed by atoms with van der Waals surface area (Å²) in [5, 5.41) is 17.2. The van der Waals surface area contributed by atoms with Crippen LogP contribution >= 0.6 is 0 Å². The summed E-state index contributed by atoms with van der Waals surface area (Å²) in [6.45, 7) is 0. The van der Waals surface area contributed by atoms with E-state index in [0.29, 0.717) is 11.1 Å². The van der Waals surface area contributed by atoms with E-state index >= 15 is 0 Å². The first-order valence-electron chi connectivity index (χ1n) is 5.49. The highest BCUT2D eigenvalue weighted by Crippen LogP contribution is 2.17. The number of hydrogen-bond acceptors (Lipinski definition) is 2. The van der Waals surface area contributed by atoms with Gasteiger partial charge in [-0.2, -0.15) is 0 Å². The predicted octanol–water partition coefficient (Wildman–Crippen LogP) is 1.72. The zero-order chi connectivity index (χ0) is 12.5. The van der Waals surface area contributed by atoms with E-state index in [1.54, 1.807) is 30.5 Å². The molecule has 0 amide bonds. The minimum Gasteiger partial charge on any atom is -0.854 e. The zero-order valence-electron chi connectivity index (χ0n) is 9.38. The van der Waals surface area contributed by atoms with Crippen molar-refractivity contribution >= 4 is 10.8 Å². The van der Waals surface area contributed by atoms with Crippen LogP contribution in [0, 0.1) is 5.82 Å². The van der Waals surface area contributed by atoms with Crippen molar-refractivity contribution in [3.8, 4) is 11.6 Å². The van der Waals surface area contributed by atoms with Gasteiger partial charge in [0.1, 0.15) is 5.82 Å². The minimum atomic E-state index is -0.317. The zero-order valence-corrected chi connectivity index (χ0v) is 9.38. The molecule has 18 heavy (non-hydrogen) atoms. The SMILES string of the molecule is [O-]c1n[n+](-c2ccc(F)cc2)cc2ccccc12. The fraction of sp³-hybridized carbons (Fsp3) is 0. The minimum absolute atomic E-state index is 0.294. The maximum absolute atomic E-state index is 12.8. The molecule has 88 valence electrons. The molecule has 0 fully saturated rings. The van der Waals surface area contributed by atoms with Crippen molar-refractivity contribution in [3.63, 3.8) is 0 Å². The van der Waals surface area contributed by atoms with Crippen LogP contribution in [0.4, 0.5) is 4.39 Å². The topological polar surface area (TPSA) is 39.8 Å². The molecule has 0 spiro atoms. The van der Waals surface area contributed by atoms with E-state index < -0.39 is 0 Å². The lowest BCUT2D eigenvalue weighted by Gasteiger charge is -2.05. The average molecular weight is 240 g/mol. The van der Waals surface area contributed by atoms with Gasteiger partial charge in [0.2, 0.25) is 11.9 Å². The third kappa shape index (κ3) is 1.78. The Morgan fingerprint density at radius 3 is 2.50 bits per heavy atom. The van der Waals surface area contributed by atoms with E-state index in [-0.39, 0.29) is 11.7 Å². The molecule has 0 bridgehead atoms. The molecule has 0 saturated carbocycles. The van der Waals surface area contributed by atoms with Crippen molar-refractivity contribution in [1.82, 2.24) is 5.10 Å². The smallest absolute Gasteiger partial charge is 0.238 e. The van der Waals surface area contributed by atoms with Crippen LogP contribution in [-0.4, -0.2) is 5.10 Å². The van der Waals surface area contributed by atoms with Crippen molar-refractivity contribution < 1.29 is 14.2 Å². The van der Waals surface area contributed by atoms with Crippen molar-refractivity contribution in [2.45, 2.75) is 0 Å². The molecule has 1 aromatic heterocycles. The third-order valence-corrected chi connectivity index (χ3v) is 2.74. The quantitative estimate of drug-likeness (QED) is 0.608. The van der Waals surface area contributed by atoms with E-state index in [1.165, 1.54) is 16.8 Å². The summed E-state index contributed by atoms with van der Waals surface area (Å²) in [5.74, 6) is -0.611. The Balaban J connectivity index is 2.21. The Bertz CT molecular complexity index is 711. The molecule has 0 radical (unpaired) electrons. The summed E-state index contributed by atoms with van der Waals surface area (Å²) in [5.41, 5.74) is 0.652. The second-order valence-electron chi connectivity index (χ2n) is 3.94.